The number of nitrogens with zero attached hydrogens (tertiary/aromatic N) is 1. The third-order valence-electron chi connectivity index (χ3n) is 2.15. The highest BCUT2D eigenvalue weighted by molar-refractivity contribution is 5.99. The van der Waals surface area contributed by atoms with Crippen molar-refractivity contribution in [3.05, 3.63) is 21.7 Å². The SMILES string of the molecule is Cc1[nH]c(=O)nc(NCCO)c1C(=O)NCCO. The zero-order chi connectivity index (χ0) is 13.5. The molecule has 1 amide bonds. The molecule has 0 saturated carbocycles. The maximum absolute atomic E-state index is 11.8. The molecule has 5 N–H and O–H groups in total. The summed E-state index contributed by atoms with van der Waals surface area (Å²) in [5.74, 6) is -0.341. The lowest BCUT2D eigenvalue weighted by Crippen LogP contribution is -2.30. The van der Waals surface area contributed by atoms with Crippen molar-refractivity contribution >= 4 is 11.7 Å². The van der Waals surface area contributed by atoms with E-state index >= 15 is 0 Å². The van der Waals surface area contributed by atoms with Crippen molar-refractivity contribution in [3.63, 3.8) is 0 Å². The average molecular weight is 256 g/mol. The molecule has 1 aromatic rings. The highest BCUT2D eigenvalue weighted by Gasteiger charge is 2.16. The van der Waals surface area contributed by atoms with Crippen LogP contribution in [0.25, 0.3) is 0 Å². The van der Waals surface area contributed by atoms with Crippen LogP contribution in [0.2, 0.25) is 0 Å². The minimum absolute atomic E-state index is 0.108. The van der Waals surface area contributed by atoms with E-state index in [1.54, 1.807) is 6.92 Å². The van der Waals surface area contributed by atoms with Crippen molar-refractivity contribution in [2.24, 2.45) is 0 Å². The van der Waals surface area contributed by atoms with E-state index in [1.165, 1.54) is 0 Å². The molecule has 8 nitrogen and oxygen atoms in total. The first kappa shape index (κ1) is 14.1. The fourth-order valence-electron chi connectivity index (χ4n) is 1.42. The number of nitrogens with one attached hydrogen (secondary N) is 3. The van der Waals surface area contributed by atoms with Gasteiger partial charge in [0, 0.05) is 18.8 Å². The van der Waals surface area contributed by atoms with E-state index < -0.39 is 11.6 Å². The molecule has 0 atom stereocenters. The number of anilines is 1. The standard InChI is InChI=1S/C10H16N4O4/c1-6-7(9(17)12-3-5-16)8(11-2-4-15)14-10(18)13-6/h15-16H,2-5H2,1H3,(H,12,17)(H2,11,13,14,18). The second-order valence-electron chi connectivity index (χ2n) is 3.52. The summed E-state index contributed by atoms with van der Waals surface area (Å²) >= 11 is 0. The number of rotatable bonds is 6. The first-order valence-corrected chi connectivity index (χ1v) is 5.45. The van der Waals surface area contributed by atoms with Crippen molar-refractivity contribution in [2.45, 2.75) is 6.92 Å². The highest BCUT2D eigenvalue weighted by atomic mass is 16.3. The molecule has 0 aliphatic heterocycles. The Hall–Kier alpha value is -1.93. The van der Waals surface area contributed by atoms with Gasteiger partial charge in [0.2, 0.25) is 0 Å². The van der Waals surface area contributed by atoms with Crippen molar-refractivity contribution in [2.75, 3.05) is 31.6 Å². The van der Waals surface area contributed by atoms with E-state index in [4.69, 9.17) is 10.2 Å². The number of hydrogen-bond acceptors (Lipinski definition) is 6. The second kappa shape index (κ2) is 6.72. The quantitative estimate of drug-likeness (QED) is 0.409. The number of aliphatic hydroxyl groups is 2. The van der Waals surface area contributed by atoms with E-state index in [2.05, 4.69) is 20.6 Å². The Kier molecular flexibility index (Phi) is 5.28. The van der Waals surface area contributed by atoms with Crippen LogP contribution in [0, 0.1) is 6.92 Å². The molecular formula is C10H16N4O4. The van der Waals surface area contributed by atoms with Gasteiger partial charge in [-0.1, -0.05) is 0 Å². The number of amides is 1. The van der Waals surface area contributed by atoms with Gasteiger partial charge in [-0.15, -0.1) is 0 Å². The molecule has 0 aliphatic rings. The maximum Gasteiger partial charge on any atom is 0.347 e. The average Bonchev–Trinajstić information content (AvgIpc) is 2.32. The van der Waals surface area contributed by atoms with E-state index in [-0.39, 0.29) is 37.7 Å². The third kappa shape index (κ3) is 3.54. The van der Waals surface area contributed by atoms with Gasteiger partial charge in [-0.2, -0.15) is 4.98 Å². The molecule has 0 radical (unpaired) electrons. The van der Waals surface area contributed by atoms with Crippen LogP contribution in [0.1, 0.15) is 16.1 Å². The van der Waals surface area contributed by atoms with Gasteiger partial charge in [0.05, 0.1) is 13.2 Å². The monoisotopic (exact) mass is 256 g/mol. The van der Waals surface area contributed by atoms with Gasteiger partial charge in [-0.3, -0.25) is 4.79 Å². The van der Waals surface area contributed by atoms with Crippen molar-refractivity contribution < 1.29 is 15.0 Å². The summed E-state index contributed by atoms with van der Waals surface area (Å²) in [4.78, 5) is 29.1. The Morgan fingerprint density at radius 2 is 2.00 bits per heavy atom. The number of aliphatic hydroxyl groups excluding tert-OH is 2. The minimum atomic E-state index is -0.577. The second-order valence-corrected chi connectivity index (χ2v) is 3.52. The fourth-order valence-corrected chi connectivity index (χ4v) is 1.42. The molecular weight excluding hydrogens is 240 g/mol. The molecule has 0 unspecified atom stereocenters. The fraction of sp³-hybridized carbons (Fsp3) is 0.500. The van der Waals surface area contributed by atoms with Crippen molar-refractivity contribution in [1.29, 1.82) is 0 Å². The molecule has 0 aliphatic carbocycles. The van der Waals surface area contributed by atoms with Crippen LogP contribution in [0.3, 0.4) is 0 Å². The largest absolute Gasteiger partial charge is 0.395 e. The number of carbonyl (C=O) groups excluding carboxylic acids is 1. The van der Waals surface area contributed by atoms with Gasteiger partial charge in [0.25, 0.3) is 5.91 Å². The van der Waals surface area contributed by atoms with Gasteiger partial charge in [-0.05, 0) is 6.92 Å². The van der Waals surface area contributed by atoms with Crippen LogP contribution in [0.15, 0.2) is 4.79 Å². The predicted octanol–water partition coefficient (Wildman–Crippen LogP) is -1.80. The van der Waals surface area contributed by atoms with Crippen molar-refractivity contribution in [1.82, 2.24) is 15.3 Å². The molecule has 100 valence electrons. The summed E-state index contributed by atoms with van der Waals surface area (Å²) in [6.07, 6.45) is 0. The topological polar surface area (TPSA) is 127 Å². The molecule has 0 fully saturated rings. The number of carbonyl (C=O) groups is 1. The van der Waals surface area contributed by atoms with Gasteiger partial charge < -0.3 is 25.8 Å². The number of H-pyrrole nitrogens is 1. The molecule has 1 aromatic heterocycles. The zero-order valence-electron chi connectivity index (χ0n) is 9.99. The first-order valence-electron chi connectivity index (χ1n) is 5.45. The van der Waals surface area contributed by atoms with Gasteiger partial charge in [-0.25, -0.2) is 4.79 Å². The van der Waals surface area contributed by atoms with Gasteiger partial charge >= 0.3 is 5.69 Å². The molecule has 8 heteroatoms. The lowest BCUT2D eigenvalue weighted by molar-refractivity contribution is 0.0944. The van der Waals surface area contributed by atoms with E-state index in [1.807, 2.05) is 0 Å². The van der Waals surface area contributed by atoms with Gasteiger partial charge in [0.1, 0.15) is 11.4 Å². The summed E-state index contributed by atoms with van der Waals surface area (Å²) in [6.45, 7) is 1.53. The molecule has 18 heavy (non-hydrogen) atoms. The molecule has 0 bridgehead atoms. The Balaban J connectivity index is 3.06. The molecule has 1 heterocycles. The summed E-state index contributed by atoms with van der Waals surface area (Å²) < 4.78 is 0. The van der Waals surface area contributed by atoms with Crippen LogP contribution in [0.5, 0.6) is 0 Å². The normalized spacial score (nSPS) is 10.2. The minimum Gasteiger partial charge on any atom is -0.395 e. The summed E-state index contributed by atoms with van der Waals surface area (Å²) in [6, 6.07) is 0. The van der Waals surface area contributed by atoms with E-state index in [0.29, 0.717) is 5.69 Å². The summed E-state index contributed by atoms with van der Waals surface area (Å²) in [5.41, 5.74) is -0.0194. The van der Waals surface area contributed by atoms with Crippen LogP contribution in [0.4, 0.5) is 5.82 Å². The van der Waals surface area contributed by atoms with E-state index in [9.17, 15) is 9.59 Å². The van der Waals surface area contributed by atoms with Crippen LogP contribution >= 0.6 is 0 Å². The zero-order valence-corrected chi connectivity index (χ0v) is 9.99. The molecule has 0 aromatic carbocycles. The Morgan fingerprint density at radius 1 is 1.33 bits per heavy atom. The number of aromatic amines is 1. The lowest BCUT2D eigenvalue weighted by atomic mass is 10.2. The highest BCUT2D eigenvalue weighted by Crippen LogP contribution is 2.12. The van der Waals surface area contributed by atoms with E-state index in [0.717, 1.165) is 0 Å². The number of aromatic nitrogens is 2. The predicted molar refractivity (Wildman–Crippen MR) is 64.6 cm³/mol. The van der Waals surface area contributed by atoms with Gasteiger partial charge in [0.15, 0.2) is 0 Å². The number of aryl methyl sites for hydroxylation is 1. The Morgan fingerprint density at radius 3 is 2.61 bits per heavy atom. The summed E-state index contributed by atoms with van der Waals surface area (Å²) in [5, 5.41) is 22.5. The van der Waals surface area contributed by atoms with Crippen LogP contribution < -0.4 is 16.3 Å². The third-order valence-corrected chi connectivity index (χ3v) is 2.15. The first-order chi connectivity index (χ1) is 8.60. The maximum atomic E-state index is 11.8. The lowest BCUT2D eigenvalue weighted by Gasteiger charge is -2.11. The smallest absolute Gasteiger partial charge is 0.347 e. The Labute approximate surface area is 103 Å². The molecule has 0 spiro atoms. The van der Waals surface area contributed by atoms with Crippen molar-refractivity contribution in [3.8, 4) is 0 Å². The number of hydrogen-bond donors (Lipinski definition) is 5. The molecule has 0 saturated heterocycles. The Bertz CT molecular complexity index is 471. The summed E-state index contributed by atoms with van der Waals surface area (Å²) in [7, 11) is 0. The molecule has 1 rings (SSSR count). The van der Waals surface area contributed by atoms with Crippen LogP contribution in [-0.4, -0.2) is 52.4 Å². The van der Waals surface area contributed by atoms with Crippen LogP contribution in [-0.2, 0) is 0 Å².